The Bertz CT molecular complexity index is 1270. The van der Waals surface area contributed by atoms with E-state index in [1.165, 1.54) is 16.7 Å². The van der Waals surface area contributed by atoms with Crippen molar-refractivity contribution in [3.8, 4) is 33.7 Å². The zero-order chi connectivity index (χ0) is 18.9. The van der Waals surface area contributed by atoms with E-state index < -0.39 is 0 Å². The van der Waals surface area contributed by atoms with Crippen molar-refractivity contribution in [3.63, 3.8) is 0 Å². The van der Waals surface area contributed by atoms with Gasteiger partial charge in [0.15, 0.2) is 0 Å². The second kappa shape index (κ2) is 6.82. The maximum atomic E-state index is 6.14. The summed E-state index contributed by atoms with van der Waals surface area (Å²) < 4.78 is 6.14. The summed E-state index contributed by atoms with van der Waals surface area (Å²) in [5, 5.41) is 1.11. The van der Waals surface area contributed by atoms with Crippen LogP contribution in [0.15, 0.2) is 102 Å². The molecule has 0 aliphatic carbocycles. The average Bonchev–Trinajstić information content (AvgIpc) is 3.18. The quantitative estimate of drug-likeness (QED) is 0.341. The standard InChI is InChI=1S/C26H19NO/c1-18-12-13-27-24(14-18)21-8-5-9-22(16-21)26-17-23-15-20(10-11-25(23)28-26)19-6-3-2-4-7-19/h2-17H,1H3. The third-order valence-electron chi connectivity index (χ3n) is 4.98. The number of benzene rings is 3. The lowest BCUT2D eigenvalue weighted by atomic mass is 10.0. The van der Waals surface area contributed by atoms with Crippen LogP contribution in [0, 0.1) is 6.92 Å². The van der Waals surface area contributed by atoms with Gasteiger partial charge in [0, 0.05) is 22.7 Å². The van der Waals surface area contributed by atoms with Crippen LogP contribution in [0.5, 0.6) is 0 Å². The van der Waals surface area contributed by atoms with Gasteiger partial charge in [-0.1, -0.05) is 54.6 Å². The number of aromatic nitrogens is 1. The van der Waals surface area contributed by atoms with Gasteiger partial charge < -0.3 is 4.42 Å². The fourth-order valence-corrected chi connectivity index (χ4v) is 3.52. The van der Waals surface area contributed by atoms with E-state index in [0.717, 1.165) is 33.6 Å². The smallest absolute Gasteiger partial charge is 0.135 e. The van der Waals surface area contributed by atoms with Crippen molar-refractivity contribution < 1.29 is 4.42 Å². The van der Waals surface area contributed by atoms with Gasteiger partial charge in [0.25, 0.3) is 0 Å². The lowest BCUT2D eigenvalue weighted by Gasteiger charge is -2.04. The number of hydrogen-bond acceptors (Lipinski definition) is 2. The van der Waals surface area contributed by atoms with E-state index in [1.54, 1.807) is 0 Å². The van der Waals surface area contributed by atoms with Gasteiger partial charge in [-0.3, -0.25) is 4.98 Å². The average molecular weight is 361 g/mol. The third-order valence-corrected chi connectivity index (χ3v) is 4.98. The second-order valence-corrected chi connectivity index (χ2v) is 7.03. The van der Waals surface area contributed by atoms with E-state index in [0.29, 0.717) is 0 Å². The molecule has 0 fully saturated rings. The Morgan fingerprint density at radius 2 is 1.46 bits per heavy atom. The van der Waals surface area contributed by atoms with Crippen LogP contribution in [0.3, 0.4) is 0 Å². The first-order valence-electron chi connectivity index (χ1n) is 9.39. The van der Waals surface area contributed by atoms with E-state index in [9.17, 15) is 0 Å². The van der Waals surface area contributed by atoms with Crippen molar-refractivity contribution in [2.24, 2.45) is 0 Å². The van der Waals surface area contributed by atoms with E-state index in [-0.39, 0.29) is 0 Å². The summed E-state index contributed by atoms with van der Waals surface area (Å²) in [6, 6.07) is 31.3. The molecule has 28 heavy (non-hydrogen) atoms. The summed E-state index contributed by atoms with van der Waals surface area (Å²) in [4.78, 5) is 4.50. The summed E-state index contributed by atoms with van der Waals surface area (Å²) in [7, 11) is 0. The van der Waals surface area contributed by atoms with Crippen LogP contribution < -0.4 is 0 Å². The molecule has 0 saturated carbocycles. The molecule has 0 bridgehead atoms. The first-order chi connectivity index (χ1) is 13.8. The number of furan rings is 1. The maximum Gasteiger partial charge on any atom is 0.135 e. The Morgan fingerprint density at radius 3 is 2.32 bits per heavy atom. The van der Waals surface area contributed by atoms with E-state index in [2.05, 4.69) is 84.7 Å². The summed E-state index contributed by atoms with van der Waals surface area (Å²) in [6.45, 7) is 2.08. The molecule has 2 aromatic heterocycles. The van der Waals surface area contributed by atoms with Crippen LogP contribution in [-0.2, 0) is 0 Å². The minimum absolute atomic E-state index is 0.870. The van der Waals surface area contributed by atoms with Crippen molar-refractivity contribution in [2.75, 3.05) is 0 Å². The summed E-state index contributed by atoms with van der Waals surface area (Å²) in [5.41, 5.74) is 7.62. The predicted octanol–water partition coefficient (Wildman–Crippen LogP) is 7.14. The van der Waals surface area contributed by atoms with Gasteiger partial charge in [-0.2, -0.15) is 0 Å². The fraction of sp³-hybridized carbons (Fsp3) is 0.0385. The van der Waals surface area contributed by atoms with E-state index >= 15 is 0 Å². The van der Waals surface area contributed by atoms with Crippen LogP contribution in [0.25, 0.3) is 44.7 Å². The molecule has 0 radical (unpaired) electrons. The molecule has 3 aromatic carbocycles. The number of fused-ring (bicyclic) bond motifs is 1. The normalized spacial score (nSPS) is 11.0. The first kappa shape index (κ1) is 16.5. The molecule has 0 spiro atoms. The minimum atomic E-state index is 0.870. The highest BCUT2D eigenvalue weighted by molar-refractivity contribution is 5.87. The van der Waals surface area contributed by atoms with E-state index in [1.807, 2.05) is 24.4 Å². The molecule has 2 heteroatoms. The highest BCUT2D eigenvalue weighted by atomic mass is 16.3. The Hall–Kier alpha value is -3.65. The van der Waals surface area contributed by atoms with Crippen molar-refractivity contribution in [1.82, 2.24) is 4.98 Å². The molecule has 0 atom stereocenters. The molecule has 134 valence electrons. The van der Waals surface area contributed by atoms with Gasteiger partial charge >= 0.3 is 0 Å². The largest absolute Gasteiger partial charge is 0.456 e. The molecular weight excluding hydrogens is 342 g/mol. The SMILES string of the molecule is Cc1ccnc(-c2cccc(-c3cc4cc(-c5ccccc5)ccc4o3)c2)c1. The Morgan fingerprint density at radius 1 is 0.643 bits per heavy atom. The van der Waals surface area contributed by atoms with Crippen molar-refractivity contribution in [1.29, 1.82) is 0 Å². The number of hydrogen-bond donors (Lipinski definition) is 0. The molecule has 0 aliphatic heterocycles. The Balaban J connectivity index is 1.55. The second-order valence-electron chi connectivity index (χ2n) is 7.03. The van der Waals surface area contributed by atoms with Gasteiger partial charge in [-0.25, -0.2) is 0 Å². The lowest BCUT2D eigenvalue weighted by Crippen LogP contribution is -1.85. The monoisotopic (exact) mass is 361 g/mol. The summed E-state index contributed by atoms with van der Waals surface area (Å²) in [5.74, 6) is 0.870. The molecule has 2 heterocycles. The highest BCUT2D eigenvalue weighted by Gasteiger charge is 2.09. The van der Waals surface area contributed by atoms with Crippen molar-refractivity contribution >= 4 is 11.0 Å². The van der Waals surface area contributed by atoms with Gasteiger partial charge in [-0.05, 0) is 60.0 Å². The molecule has 2 nitrogen and oxygen atoms in total. The van der Waals surface area contributed by atoms with Crippen molar-refractivity contribution in [2.45, 2.75) is 6.92 Å². The maximum absolute atomic E-state index is 6.14. The van der Waals surface area contributed by atoms with Crippen LogP contribution >= 0.6 is 0 Å². The van der Waals surface area contributed by atoms with Crippen LogP contribution in [-0.4, -0.2) is 4.98 Å². The number of aryl methyl sites for hydroxylation is 1. The molecule has 0 aliphatic rings. The summed E-state index contributed by atoms with van der Waals surface area (Å²) >= 11 is 0. The molecular formula is C26H19NO. The molecule has 0 saturated heterocycles. The fourth-order valence-electron chi connectivity index (χ4n) is 3.52. The highest BCUT2D eigenvalue weighted by Crippen LogP contribution is 2.32. The van der Waals surface area contributed by atoms with Crippen LogP contribution in [0.1, 0.15) is 5.56 Å². The number of pyridine rings is 1. The molecule has 0 unspecified atom stereocenters. The number of nitrogens with zero attached hydrogens (tertiary/aromatic N) is 1. The van der Waals surface area contributed by atoms with Gasteiger partial charge in [0.2, 0.25) is 0 Å². The zero-order valence-electron chi connectivity index (χ0n) is 15.6. The first-order valence-corrected chi connectivity index (χ1v) is 9.39. The van der Waals surface area contributed by atoms with E-state index in [4.69, 9.17) is 4.42 Å². The van der Waals surface area contributed by atoms with Gasteiger partial charge in [0.05, 0.1) is 5.69 Å². The third kappa shape index (κ3) is 3.10. The Kier molecular flexibility index (Phi) is 4.02. The molecule has 0 amide bonds. The van der Waals surface area contributed by atoms with Gasteiger partial charge in [-0.15, -0.1) is 0 Å². The zero-order valence-corrected chi connectivity index (χ0v) is 15.6. The topological polar surface area (TPSA) is 26.0 Å². The number of rotatable bonds is 3. The molecule has 5 rings (SSSR count). The lowest BCUT2D eigenvalue weighted by molar-refractivity contribution is 0.631. The van der Waals surface area contributed by atoms with Crippen molar-refractivity contribution in [3.05, 3.63) is 103 Å². The molecule has 5 aromatic rings. The summed E-state index contributed by atoms with van der Waals surface area (Å²) in [6.07, 6.45) is 1.85. The van der Waals surface area contributed by atoms with Gasteiger partial charge in [0.1, 0.15) is 11.3 Å². The molecule has 0 N–H and O–H groups in total. The van der Waals surface area contributed by atoms with Crippen LogP contribution in [0.2, 0.25) is 0 Å². The Labute approximate surface area is 164 Å². The predicted molar refractivity (Wildman–Crippen MR) is 115 cm³/mol. The van der Waals surface area contributed by atoms with Crippen LogP contribution in [0.4, 0.5) is 0 Å². The minimum Gasteiger partial charge on any atom is -0.456 e.